The Bertz CT molecular complexity index is 399. The van der Waals surface area contributed by atoms with E-state index >= 15 is 0 Å². The van der Waals surface area contributed by atoms with Crippen molar-refractivity contribution in [3.63, 3.8) is 0 Å². The predicted octanol–water partition coefficient (Wildman–Crippen LogP) is 2.80. The third-order valence-corrected chi connectivity index (χ3v) is 2.92. The highest BCUT2D eigenvalue weighted by molar-refractivity contribution is 5.72. The largest absolute Gasteiger partial charge is 0.496 e. The summed E-state index contributed by atoms with van der Waals surface area (Å²) in [6, 6.07) is 6.18. The lowest BCUT2D eigenvalue weighted by Gasteiger charge is -2.18. The zero-order valence-electron chi connectivity index (χ0n) is 11.3. The smallest absolute Gasteiger partial charge is 0.219 e. The number of ether oxygens (including phenoxy) is 1. The number of rotatable bonds is 4. The molecule has 0 atom stereocenters. The molecule has 0 saturated carbocycles. The minimum Gasteiger partial charge on any atom is -0.496 e. The van der Waals surface area contributed by atoms with Gasteiger partial charge in [0.2, 0.25) is 5.91 Å². The van der Waals surface area contributed by atoms with Crippen molar-refractivity contribution in [3.05, 3.63) is 29.3 Å². The first-order chi connectivity index (χ1) is 7.95. The summed E-state index contributed by atoms with van der Waals surface area (Å²) in [4.78, 5) is 12.9. The Morgan fingerprint density at radius 3 is 2.53 bits per heavy atom. The van der Waals surface area contributed by atoms with E-state index in [4.69, 9.17) is 4.74 Å². The molecule has 94 valence electrons. The van der Waals surface area contributed by atoms with Crippen LogP contribution >= 0.6 is 0 Å². The van der Waals surface area contributed by atoms with Crippen molar-refractivity contribution in [3.8, 4) is 5.75 Å². The normalized spacial score (nSPS) is 10.5. The van der Waals surface area contributed by atoms with Gasteiger partial charge in [0.1, 0.15) is 5.75 Å². The van der Waals surface area contributed by atoms with Crippen LogP contribution in [-0.2, 0) is 11.3 Å². The molecule has 0 aliphatic carbocycles. The van der Waals surface area contributed by atoms with E-state index in [1.54, 1.807) is 26.0 Å². The molecule has 0 radical (unpaired) electrons. The van der Waals surface area contributed by atoms with E-state index in [-0.39, 0.29) is 5.91 Å². The topological polar surface area (TPSA) is 29.5 Å². The summed E-state index contributed by atoms with van der Waals surface area (Å²) in [5.74, 6) is 1.38. The van der Waals surface area contributed by atoms with Crippen LogP contribution < -0.4 is 4.74 Å². The molecular formula is C14H21NO2. The minimum absolute atomic E-state index is 0.0555. The number of carbonyl (C=O) groups is 1. The summed E-state index contributed by atoms with van der Waals surface area (Å²) in [5, 5.41) is 0. The summed E-state index contributed by atoms with van der Waals surface area (Å²) in [6.45, 7) is 6.44. The highest BCUT2D eigenvalue weighted by Crippen LogP contribution is 2.25. The maximum atomic E-state index is 11.2. The lowest BCUT2D eigenvalue weighted by atomic mass is 10.0. The SMILES string of the molecule is COc1cc(C(C)C)ccc1CN(C)C(C)=O. The Hall–Kier alpha value is -1.51. The van der Waals surface area contributed by atoms with E-state index in [2.05, 4.69) is 19.9 Å². The summed E-state index contributed by atoms with van der Waals surface area (Å²) in [5.41, 5.74) is 2.28. The molecule has 17 heavy (non-hydrogen) atoms. The molecule has 0 heterocycles. The predicted molar refractivity (Wildman–Crippen MR) is 69.2 cm³/mol. The van der Waals surface area contributed by atoms with Crippen LogP contribution in [0.5, 0.6) is 5.75 Å². The quantitative estimate of drug-likeness (QED) is 0.803. The molecule has 0 spiro atoms. The van der Waals surface area contributed by atoms with Gasteiger partial charge >= 0.3 is 0 Å². The van der Waals surface area contributed by atoms with Gasteiger partial charge < -0.3 is 9.64 Å². The van der Waals surface area contributed by atoms with Crippen molar-refractivity contribution >= 4 is 5.91 Å². The zero-order chi connectivity index (χ0) is 13.0. The number of hydrogen-bond acceptors (Lipinski definition) is 2. The van der Waals surface area contributed by atoms with E-state index in [0.717, 1.165) is 11.3 Å². The Labute approximate surface area is 103 Å². The van der Waals surface area contributed by atoms with Crippen LogP contribution in [-0.4, -0.2) is 25.0 Å². The zero-order valence-corrected chi connectivity index (χ0v) is 11.3. The average molecular weight is 235 g/mol. The highest BCUT2D eigenvalue weighted by atomic mass is 16.5. The number of benzene rings is 1. The second-order valence-corrected chi connectivity index (χ2v) is 4.60. The fourth-order valence-electron chi connectivity index (χ4n) is 1.62. The van der Waals surface area contributed by atoms with Gasteiger partial charge in [0, 0.05) is 26.1 Å². The highest BCUT2D eigenvalue weighted by Gasteiger charge is 2.10. The van der Waals surface area contributed by atoms with E-state index in [9.17, 15) is 4.79 Å². The van der Waals surface area contributed by atoms with Gasteiger partial charge in [0.05, 0.1) is 7.11 Å². The number of methoxy groups -OCH3 is 1. The van der Waals surface area contributed by atoms with Crippen molar-refractivity contribution in [1.82, 2.24) is 4.90 Å². The Kier molecular flexibility index (Phi) is 4.55. The summed E-state index contributed by atoms with van der Waals surface area (Å²) >= 11 is 0. The fraction of sp³-hybridized carbons (Fsp3) is 0.500. The summed E-state index contributed by atoms with van der Waals surface area (Å²) in [7, 11) is 3.45. The van der Waals surface area contributed by atoms with Gasteiger partial charge in [0.15, 0.2) is 0 Å². The Balaban J connectivity index is 2.96. The van der Waals surface area contributed by atoms with Gasteiger partial charge in [-0.2, -0.15) is 0 Å². The van der Waals surface area contributed by atoms with Crippen molar-refractivity contribution in [1.29, 1.82) is 0 Å². The molecule has 0 unspecified atom stereocenters. The molecule has 0 fully saturated rings. The fourth-order valence-corrected chi connectivity index (χ4v) is 1.62. The number of carbonyl (C=O) groups excluding carboxylic acids is 1. The standard InChI is InChI=1S/C14H21NO2/c1-10(2)12-6-7-13(14(8-12)17-5)9-15(4)11(3)16/h6-8,10H,9H2,1-5H3. The molecule has 0 aromatic heterocycles. The molecule has 0 bridgehead atoms. The molecule has 3 heteroatoms. The molecular weight excluding hydrogens is 214 g/mol. The van der Waals surface area contributed by atoms with Gasteiger partial charge in [-0.15, -0.1) is 0 Å². The third kappa shape index (κ3) is 3.48. The van der Waals surface area contributed by atoms with E-state index in [1.165, 1.54) is 5.56 Å². The number of amides is 1. The molecule has 1 aromatic rings. The summed E-state index contributed by atoms with van der Waals surface area (Å²) < 4.78 is 5.38. The van der Waals surface area contributed by atoms with Crippen LogP contribution in [0.4, 0.5) is 0 Å². The lowest BCUT2D eigenvalue weighted by Crippen LogP contribution is -2.23. The van der Waals surface area contributed by atoms with Crippen LogP contribution in [0.1, 0.15) is 37.8 Å². The number of hydrogen-bond donors (Lipinski definition) is 0. The van der Waals surface area contributed by atoms with Crippen molar-refractivity contribution in [2.24, 2.45) is 0 Å². The van der Waals surface area contributed by atoms with Crippen molar-refractivity contribution in [2.45, 2.75) is 33.2 Å². The molecule has 1 rings (SSSR count). The molecule has 1 aromatic carbocycles. The maximum absolute atomic E-state index is 11.2. The first-order valence-corrected chi connectivity index (χ1v) is 5.84. The minimum atomic E-state index is 0.0555. The van der Waals surface area contributed by atoms with Crippen LogP contribution in [0.15, 0.2) is 18.2 Å². The Morgan fingerprint density at radius 1 is 1.41 bits per heavy atom. The van der Waals surface area contributed by atoms with E-state index in [1.807, 2.05) is 12.1 Å². The van der Waals surface area contributed by atoms with Gasteiger partial charge in [-0.1, -0.05) is 26.0 Å². The monoisotopic (exact) mass is 235 g/mol. The molecule has 0 aliphatic heterocycles. The second kappa shape index (κ2) is 5.71. The van der Waals surface area contributed by atoms with Crippen LogP contribution in [0.25, 0.3) is 0 Å². The number of nitrogens with zero attached hydrogens (tertiary/aromatic N) is 1. The second-order valence-electron chi connectivity index (χ2n) is 4.60. The van der Waals surface area contributed by atoms with Crippen molar-refractivity contribution in [2.75, 3.05) is 14.2 Å². The molecule has 3 nitrogen and oxygen atoms in total. The van der Waals surface area contributed by atoms with Gasteiger partial charge in [0.25, 0.3) is 0 Å². The summed E-state index contributed by atoms with van der Waals surface area (Å²) in [6.07, 6.45) is 0. The van der Waals surface area contributed by atoms with E-state index < -0.39 is 0 Å². The molecule has 0 aliphatic rings. The average Bonchev–Trinajstić information content (AvgIpc) is 2.28. The lowest BCUT2D eigenvalue weighted by molar-refractivity contribution is -0.128. The third-order valence-electron chi connectivity index (χ3n) is 2.92. The maximum Gasteiger partial charge on any atom is 0.219 e. The van der Waals surface area contributed by atoms with Crippen molar-refractivity contribution < 1.29 is 9.53 Å². The van der Waals surface area contributed by atoms with Crippen LogP contribution in [0.2, 0.25) is 0 Å². The van der Waals surface area contributed by atoms with Crippen LogP contribution in [0.3, 0.4) is 0 Å². The van der Waals surface area contributed by atoms with Gasteiger partial charge in [-0.05, 0) is 17.5 Å². The molecule has 0 N–H and O–H groups in total. The first-order valence-electron chi connectivity index (χ1n) is 5.84. The van der Waals surface area contributed by atoms with Gasteiger partial charge in [-0.25, -0.2) is 0 Å². The van der Waals surface area contributed by atoms with Crippen LogP contribution in [0, 0.1) is 0 Å². The van der Waals surface area contributed by atoms with E-state index in [0.29, 0.717) is 12.5 Å². The molecule has 1 amide bonds. The van der Waals surface area contributed by atoms with Gasteiger partial charge in [-0.3, -0.25) is 4.79 Å². The first kappa shape index (κ1) is 13.6. The Morgan fingerprint density at radius 2 is 2.06 bits per heavy atom. The molecule has 0 saturated heterocycles.